The summed E-state index contributed by atoms with van der Waals surface area (Å²) in [7, 11) is 0. The van der Waals surface area contributed by atoms with Crippen molar-refractivity contribution in [2.45, 2.75) is 63.8 Å². The van der Waals surface area contributed by atoms with Crippen molar-refractivity contribution in [1.82, 2.24) is 5.32 Å². The van der Waals surface area contributed by atoms with Gasteiger partial charge in [0.05, 0.1) is 0 Å². The van der Waals surface area contributed by atoms with E-state index in [-0.39, 0.29) is 5.91 Å². The van der Waals surface area contributed by atoms with E-state index < -0.39 is 0 Å². The standard InChI is InChI=1S/C29H29NO/c1-18-2-4-19(5-3-18)17-30-29(31)23-11-10-22-12-25-15-27(20-6-7-20)28(21-8-9-21)16-26(25)14-24(22)13-23/h2-5,10-11,13,15-16,20-21H,6-9,12,14,17H2,1H3,(H,30,31). The van der Waals surface area contributed by atoms with Gasteiger partial charge in [-0.25, -0.2) is 0 Å². The molecule has 0 atom stereocenters. The third kappa shape index (κ3) is 3.80. The minimum atomic E-state index is 0.0110. The van der Waals surface area contributed by atoms with E-state index in [0.29, 0.717) is 6.54 Å². The van der Waals surface area contributed by atoms with E-state index in [0.717, 1.165) is 35.8 Å². The molecule has 6 rings (SSSR count). The lowest BCUT2D eigenvalue weighted by Gasteiger charge is -2.23. The molecule has 0 heterocycles. The highest BCUT2D eigenvalue weighted by atomic mass is 16.1. The summed E-state index contributed by atoms with van der Waals surface area (Å²) in [4.78, 5) is 12.8. The van der Waals surface area contributed by atoms with Crippen LogP contribution < -0.4 is 5.32 Å². The predicted octanol–water partition coefficient (Wildman–Crippen LogP) is 6.17. The van der Waals surface area contributed by atoms with Crippen molar-refractivity contribution in [2.24, 2.45) is 0 Å². The molecule has 1 N–H and O–H groups in total. The van der Waals surface area contributed by atoms with E-state index in [1.54, 1.807) is 11.1 Å². The molecule has 2 saturated carbocycles. The van der Waals surface area contributed by atoms with E-state index >= 15 is 0 Å². The molecule has 2 fully saturated rings. The van der Waals surface area contributed by atoms with Crippen molar-refractivity contribution >= 4 is 5.91 Å². The number of nitrogens with one attached hydrogen (secondary N) is 1. The number of fused-ring (bicyclic) bond motifs is 2. The molecule has 3 aliphatic carbocycles. The van der Waals surface area contributed by atoms with Crippen LogP contribution in [0.2, 0.25) is 0 Å². The van der Waals surface area contributed by atoms with Gasteiger partial charge in [0.15, 0.2) is 0 Å². The molecule has 3 aromatic rings. The van der Waals surface area contributed by atoms with Crippen molar-refractivity contribution in [3.8, 4) is 0 Å². The molecule has 2 nitrogen and oxygen atoms in total. The Balaban J connectivity index is 1.22. The monoisotopic (exact) mass is 407 g/mol. The summed E-state index contributed by atoms with van der Waals surface area (Å²) in [6.07, 6.45) is 7.42. The average Bonchev–Trinajstić information content (AvgIpc) is 3.69. The van der Waals surface area contributed by atoms with Crippen molar-refractivity contribution in [1.29, 1.82) is 0 Å². The first-order chi connectivity index (χ1) is 15.1. The van der Waals surface area contributed by atoms with Gasteiger partial charge in [-0.05, 0) is 108 Å². The van der Waals surface area contributed by atoms with Gasteiger partial charge < -0.3 is 5.32 Å². The Morgan fingerprint density at radius 3 is 1.97 bits per heavy atom. The quantitative estimate of drug-likeness (QED) is 0.421. The topological polar surface area (TPSA) is 29.1 Å². The number of benzene rings is 3. The molecule has 0 bridgehead atoms. The normalized spacial score (nSPS) is 17.1. The van der Waals surface area contributed by atoms with Gasteiger partial charge in [0.2, 0.25) is 0 Å². The molecule has 1 amide bonds. The smallest absolute Gasteiger partial charge is 0.251 e. The minimum absolute atomic E-state index is 0.0110. The molecule has 0 radical (unpaired) electrons. The molecule has 0 saturated heterocycles. The fraction of sp³-hybridized carbons (Fsp3) is 0.345. The van der Waals surface area contributed by atoms with Crippen molar-refractivity contribution < 1.29 is 4.79 Å². The van der Waals surface area contributed by atoms with Crippen LogP contribution in [0.1, 0.15) is 92.4 Å². The maximum atomic E-state index is 12.8. The van der Waals surface area contributed by atoms with Gasteiger partial charge in [0.25, 0.3) is 5.91 Å². The number of amides is 1. The Hall–Kier alpha value is -2.87. The number of rotatable bonds is 5. The van der Waals surface area contributed by atoms with Crippen molar-refractivity contribution in [3.63, 3.8) is 0 Å². The molecule has 156 valence electrons. The van der Waals surface area contributed by atoms with Crippen LogP contribution >= 0.6 is 0 Å². The predicted molar refractivity (Wildman–Crippen MR) is 125 cm³/mol. The average molecular weight is 408 g/mol. The third-order valence-corrected chi connectivity index (χ3v) is 7.24. The zero-order chi connectivity index (χ0) is 20.9. The lowest BCUT2D eigenvalue weighted by atomic mass is 9.82. The molecule has 0 aromatic heterocycles. The zero-order valence-corrected chi connectivity index (χ0v) is 18.2. The summed E-state index contributed by atoms with van der Waals surface area (Å²) < 4.78 is 0. The first-order valence-corrected chi connectivity index (χ1v) is 11.7. The Morgan fingerprint density at radius 1 is 0.774 bits per heavy atom. The van der Waals surface area contributed by atoms with Crippen LogP contribution in [0.5, 0.6) is 0 Å². The molecule has 3 aliphatic rings. The maximum Gasteiger partial charge on any atom is 0.251 e. The molecular weight excluding hydrogens is 378 g/mol. The number of carbonyl (C=O) groups is 1. The van der Waals surface area contributed by atoms with Crippen molar-refractivity contribution in [2.75, 3.05) is 0 Å². The number of hydrogen-bond donors (Lipinski definition) is 1. The Morgan fingerprint density at radius 2 is 1.35 bits per heavy atom. The van der Waals surface area contributed by atoms with E-state index in [1.807, 2.05) is 6.07 Å². The Labute approximate surface area is 184 Å². The van der Waals surface area contributed by atoms with Crippen LogP contribution in [0.3, 0.4) is 0 Å². The van der Waals surface area contributed by atoms with Gasteiger partial charge in [0.1, 0.15) is 0 Å². The summed E-state index contributed by atoms with van der Waals surface area (Å²) in [5.74, 6) is 1.64. The van der Waals surface area contributed by atoms with Gasteiger partial charge >= 0.3 is 0 Å². The minimum Gasteiger partial charge on any atom is -0.348 e. The molecule has 3 aromatic carbocycles. The second-order valence-electron chi connectivity index (χ2n) is 9.80. The molecule has 0 aliphatic heterocycles. The largest absolute Gasteiger partial charge is 0.348 e. The van der Waals surface area contributed by atoms with Gasteiger partial charge in [-0.3, -0.25) is 4.79 Å². The number of hydrogen-bond acceptors (Lipinski definition) is 1. The summed E-state index contributed by atoms with van der Waals surface area (Å²) in [5, 5.41) is 3.08. The Bertz CT molecular complexity index is 1170. The molecular formula is C29H29NO. The third-order valence-electron chi connectivity index (χ3n) is 7.24. The molecule has 0 unspecified atom stereocenters. The summed E-state index contributed by atoms with van der Waals surface area (Å²) in [5.41, 5.74) is 12.1. The van der Waals surface area contributed by atoms with E-state index in [4.69, 9.17) is 0 Å². The highest BCUT2D eigenvalue weighted by molar-refractivity contribution is 5.94. The first-order valence-electron chi connectivity index (χ1n) is 11.7. The second kappa shape index (κ2) is 7.37. The van der Waals surface area contributed by atoms with E-state index in [2.05, 4.69) is 60.8 Å². The fourth-order valence-corrected chi connectivity index (χ4v) is 5.06. The molecule has 31 heavy (non-hydrogen) atoms. The second-order valence-corrected chi connectivity index (χ2v) is 9.80. The SMILES string of the molecule is Cc1ccc(CNC(=O)c2ccc3c(c2)Cc2cc(C4CC4)c(C4CC4)cc2C3)cc1. The van der Waals surface area contributed by atoms with Gasteiger partial charge in [0, 0.05) is 12.1 Å². The number of carbonyl (C=O) groups excluding carboxylic acids is 1. The lowest BCUT2D eigenvalue weighted by Crippen LogP contribution is -2.23. The van der Waals surface area contributed by atoms with Gasteiger partial charge in [-0.2, -0.15) is 0 Å². The van der Waals surface area contributed by atoms with Crippen molar-refractivity contribution in [3.05, 3.63) is 105 Å². The highest BCUT2D eigenvalue weighted by Crippen LogP contribution is 2.50. The van der Waals surface area contributed by atoms with Crippen LogP contribution in [-0.4, -0.2) is 5.91 Å². The van der Waals surface area contributed by atoms with Gasteiger partial charge in [-0.15, -0.1) is 0 Å². The molecule has 2 heteroatoms. The lowest BCUT2D eigenvalue weighted by molar-refractivity contribution is 0.0951. The fourth-order valence-electron chi connectivity index (χ4n) is 5.06. The van der Waals surface area contributed by atoms with E-state index in [1.165, 1.54) is 53.5 Å². The van der Waals surface area contributed by atoms with Gasteiger partial charge in [-0.1, -0.05) is 48.0 Å². The summed E-state index contributed by atoms with van der Waals surface area (Å²) >= 11 is 0. The van der Waals surface area contributed by atoms with E-state index in [9.17, 15) is 4.79 Å². The van der Waals surface area contributed by atoms with Crippen LogP contribution in [0.15, 0.2) is 54.6 Å². The Kier molecular flexibility index (Phi) is 4.49. The first kappa shape index (κ1) is 18.9. The molecule has 0 spiro atoms. The number of aryl methyl sites for hydroxylation is 1. The highest BCUT2D eigenvalue weighted by Gasteiger charge is 2.34. The van der Waals surface area contributed by atoms with Crippen LogP contribution in [0.25, 0.3) is 0 Å². The zero-order valence-electron chi connectivity index (χ0n) is 18.2. The summed E-state index contributed by atoms with van der Waals surface area (Å²) in [6, 6.07) is 19.7. The maximum absolute atomic E-state index is 12.8. The van der Waals surface area contributed by atoms with Crippen LogP contribution in [0.4, 0.5) is 0 Å². The summed E-state index contributed by atoms with van der Waals surface area (Å²) in [6.45, 7) is 2.64. The van der Waals surface area contributed by atoms with Crippen LogP contribution in [-0.2, 0) is 19.4 Å². The van der Waals surface area contributed by atoms with Crippen LogP contribution in [0, 0.1) is 6.92 Å².